The summed E-state index contributed by atoms with van der Waals surface area (Å²) in [6.07, 6.45) is 0. The number of aliphatic carboxylic acids is 1. The van der Waals surface area contributed by atoms with Gasteiger partial charge in [0.25, 0.3) is 0 Å². The van der Waals surface area contributed by atoms with E-state index < -0.39 is 24.0 Å². The molecule has 2 rings (SSSR count). The first-order valence-corrected chi connectivity index (χ1v) is 4.18. The second-order valence-electron chi connectivity index (χ2n) is 3.05. The van der Waals surface area contributed by atoms with Crippen LogP contribution in [0.2, 0.25) is 0 Å². The average molecular weight is 210 g/mol. The molecule has 0 aliphatic carbocycles. The third kappa shape index (κ3) is 1.50. The van der Waals surface area contributed by atoms with Gasteiger partial charge >= 0.3 is 11.7 Å². The minimum absolute atomic E-state index is 0.00935. The number of benzene rings is 1. The number of halogens is 1. The summed E-state index contributed by atoms with van der Waals surface area (Å²) in [5, 5.41) is 8.56. The Kier molecular flexibility index (Phi) is 2.03. The van der Waals surface area contributed by atoms with Gasteiger partial charge in [0, 0.05) is 0 Å². The summed E-state index contributed by atoms with van der Waals surface area (Å²) in [5.74, 6) is -1.81. The van der Waals surface area contributed by atoms with Gasteiger partial charge in [0.1, 0.15) is 17.9 Å². The maximum absolute atomic E-state index is 13.3. The number of carboxylic acids is 1. The summed E-state index contributed by atoms with van der Waals surface area (Å²) < 4.78 is 14.2. The van der Waals surface area contributed by atoms with E-state index >= 15 is 0 Å². The largest absolute Gasteiger partial charge is 0.480 e. The number of nitrogens with one attached hydrogen (secondary N) is 1. The van der Waals surface area contributed by atoms with E-state index in [2.05, 4.69) is 4.98 Å². The highest BCUT2D eigenvalue weighted by atomic mass is 19.1. The van der Waals surface area contributed by atoms with Crippen molar-refractivity contribution in [3.05, 3.63) is 34.5 Å². The van der Waals surface area contributed by atoms with Crippen LogP contribution in [0, 0.1) is 5.82 Å². The molecule has 1 aromatic carbocycles. The van der Waals surface area contributed by atoms with Gasteiger partial charge in [-0.05, 0) is 12.1 Å². The number of imidazole rings is 1. The Hall–Kier alpha value is -2.11. The van der Waals surface area contributed by atoms with E-state index in [1.807, 2.05) is 0 Å². The van der Waals surface area contributed by atoms with Gasteiger partial charge in [-0.15, -0.1) is 0 Å². The quantitative estimate of drug-likeness (QED) is 0.760. The predicted molar refractivity (Wildman–Crippen MR) is 50.2 cm³/mol. The van der Waals surface area contributed by atoms with Crippen molar-refractivity contribution in [2.45, 2.75) is 6.54 Å². The van der Waals surface area contributed by atoms with Crippen molar-refractivity contribution < 1.29 is 14.3 Å². The van der Waals surface area contributed by atoms with Crippen LogP contribution in [0.15, 0.2) is 23.0 Å². The average Bonchev–Trinajstić information content (AvgIpc) is 2.43. The molecular formula is C9H7FN2O3. The second kappa shape index (κ2) is 3.23. The molecule has 0 atom stereocenters. The highest BCUT2D eigenvalue weighted by molar-refractivity contribution is 5.78. The first-order chi connectivity index (χ1) is 7.09. The molecule has 0 bridgehead atoms. The van der Waals surface area contributed by atoms with Gasteiger partial charge < -0.3 is 10.1 Å². The first-order valence-electron chi connectivity index (χ1n) is 4.18. The molecule has 78 valence electrons. The lowest BCUT2D eigenvalue weighted by Crippen LogP contribution is -2.21. The fourth-order valence-corrected chi connectivity index (χ4v) is 1.46. The van der Waals surface area contributed by atoms with E-state index in [1.165, 1.54) is 18.2 Å². The fourth-order valence-electron chi connectivity index (χ4n) is 1.46. The molecule has 0 aliphatic heterocycles. The number of aromatic nitrogens is 2. The molecule has 0 unspecified atom stereocenters. The minimum Gasteiger partial charge on any atom is -0.480 e. The summed E-state index contributed by atoms with van der Waals surface area (Å²) in [4.78, 5) is 24.2. The molecule has 0 aliphatic rings. The molecule has 2 aromatic rings. The lowest BCUT2D eigenvalue weighted by atomic mass is 10.3. The van der Waals surface area contributed by atoms with Crippen LogP contribution in [0.25, 0.3) is 11.0 Å². The molecule has 0 spiro atoms. The Bertz CT molecular complexity index is 585. The number of H-pyrrole nitrogens is 1. The van der Waals surface area contributed by atoms with Crippen molar-refractivity contribution in [1.29, 1.82) is 0 Å². The van der Waals surface area contributed by atoms with E-state index in [0.29, 0.717) is 5.52 Å². The molecule has 0 saturated carbocycles. The molecule has 6 heteroatoms. The van der Waals surface area contributed by atoms with Crippen LogP contribution >= 0.6 is 0 Å². The van der Waals surface area contributed by atoms with Gasteiger partial charge in [-0.25, -0.2) is 9.18 Å². The molecule has 1 heterocycles. The third-order valence-electron chi connectivity index (χ3n) is 2.04. The zero-order valence-corrected chi connectivity index (χ0v) is 7.53. The fraction of sp³-hybridized carbons (Fsp3) is 0.111. The Balaban J connectivity index is 2.76. The van der Waals surface area contributed by atoms with Crippen LogP contribution in [0.4, 0.5) is 4.39 Å². The van der Waals surface area contributed by atoms with Crippen LogP contribution in [-0.4, -0.2) is 20.6 Å². The van der Waals surface area contributed by atoms with Crippen molar-refractivity contribution in [3.63, 3.8) is 0 Å². The molecule has 5 nitrogen and oxygen atoms in total. The Morgan fingerprint density at radius 1 is 1.53 bits per heavy atom. The topological polar surface area (TPSA) is 75.1 Å². The second-order valence-corrected chi connectivity index (χ2v) is 3.05. The Labute approximate surface area is 82.8 Å². The number of aromatic amines is 1. The highest BCUT2D eigenvalue weighted by Gasteiger charge is 2.12. The summed E-state index contributed by atoms with van der Waals surface area (Å²) in [5.41, 5.74) is -0.344. The van der Waals surface area contributed by atoms with E-state index in [9.17, 15) is 14.0 Å². The molecular weight excluding hydrogens is 203 g/mol. The lowest BCUT2D eigenvalue weighted by molar-refractivity contribution is -0.137. The van der Waals surface area contributed by atoms with E-state index in [-0.39, 0.29) is 5.52 Å². The van der Waals surface area contributed by atoms with Gasteiger partial charge in [0.05, 0.1) is 5.52 Å². The van der Waals surface area contributed by atoms with Crippen LogP contribution in [-0.2, 0) is 11.3 Å². The first kappa shape index (κ1) is 9.45. The maximum atomic E-state index is 13.3. The standard InChI is InChI=1S/C9H7FN2O3/c10-5-2-1-3-6-8(5)12(4-7(13)14)9(15)11-6/h1-3H,4H2,(H,11,15)(H,13,14). The number of nitrogens with zero attached hydrogens (tertiary/aromatic N) is 1. The maximum Gasteiger partial charge on any atom is 0.327 e. The molecule has 0 saturated heterocycles. The molecule has 0 amide bonds. The zero-order valence-electron chi connectivity index (χ0n) is 7.53. The SMILES string of the molecule is O=C(O)Cn1c(=O)[nH]c2cccc(F)c21. The van der Waals surface area contributed by atoms with Crippen molar-refractivity contribution in [2.75, 3.05) is 0 Å². The zero-order chi connectivity index (χ0) is 11.0. The molecule has 0 fully saturated rings. The van der Waals surface area contributed by atoms with Crippen LogP contribution in [0.3, 0.4) is 0 Å². The number of hydrogen-bond acceptors (Lipinski definition) is 2. The van der Waals surface area contributed by atoms with Gasteiger partial charge in [0.2, 0.25) is 0 Å². The number of hydrogen-bond donors (Lipinski definition) is 2. The number of rotatable bonds is 2. The predicted octanol–water partition coefficient (Wildman–Crippen LogP) is 0.553. The smallest absolute Gasteiger partial charge is 0.327 e. The monoisotopic (exact) mass is 210 g/mol. The highest BCUT2D eigenvalue weighted by Crippen LogP contribution is 2.13. The van der Waals surface area contributed by atoms with Gasteiger partial charge in [-0.1, -0.05) is 6.07 Å². The molecule has 1 aromatic heterocycles. The van der Waals surface area contributed by atoms with Gasteiger partial charge in [-0.3, -0.25) is 9.36 Å². The van der Waals surface area contributed by atoms with Crippen molar-refractivity contribution in [2.24, 2.45) is 0 Å². The van der Waals surface area contributed by atoms with Crippen LogP contribution in [0.5, 0.6) is 0 Å². The Morgan fingerprint density at radius 2 is 2.27 bits per heavy atom. The number of para-hydroxylation sites is 1. The summed E-state index contributed by atoms with van der Waals surface area (Å²) >= 11 is 0. The molecule has 2 N–H and O–H groups in total. The number of carbonyl (C=O) groups is 1. The van der Waals surface area contributed by atoms with Crippen molar-refractivity contribution >= 4 is 17.0 Å². The summed E-state index contributed by atoms with van der Waals surface area (Å²) in [6, 6.07) is 4.13. The van der Waals surface area contributed by atoms with E-state index in [4.69, 9.17) is 5.11 Å². The third-order valence-corrected chi connectivity index (χ3v) is 2.04. The van der Waals surface area contributed by atoms with Crippen molar-refractivity contribution in [3.8, 4) is 0 Å². The van der Waals surface area contributed by atoms with E-state index in [0.717, 1.165) is 4.57 Å². The van der Waals surface area contributed by atoms with Gasteiger partial charge in [0.15, 0.2) is 0 Å². The molecule has 15 heavy (non-hydrogen) atoms. The number of fused-ring (bicyclic) bond motifs is 1. The van der Waals surface area contributed by atoms with Gasteiger partial charge in [-0.2, -0.15) is 0 Å². The lowest BCUT2D eigenvalue weighted by Gasteiger charge is -1.98. The molecule has 0 radical (unpaired) electrons. The normalized spacial score (nSPS) is 10.7. The van der Waals surface area contributed by atoms with Crippen LogP contribution in [0.1, 0.15) is 0 Å². The summed E-state index contributed by atoms with van der Waals surface area (Å²) in [7, 11) is 0. The number of carboxylic acid groups (broad SMARTS) is 1. The minimum atomic E-state index is -1.19. The Morgan fingerprint density at radius 3 is 2.93 bits per heavy atom. The van der Waals surface area contributed by atoms with E-state index in [1.54, 1.807) is 0 Å². The van der Waals surface area contributed by atoms with Crippen LogP contribution < -0.4 is 5.69 Å². The summed E-state index contributed by atoms with van der Waals surface area (Å²) in [6.45, 7) is -0.556. The van der Waals surface area contributed by atoms with Crippen molar-refractivity contribution in [1.82, 2.24) is 9.55 Å².